The number of carbonyl (C=O) groups excluding carboxylic acids is 1. The number of carbonyl (C=O) groups is 1. The molecule has 0 radical (unpaired) electrons. The van der Waals surface area contributed by atoms with Crippen LogP contribution in [0.4, 0.5) is 4.79 Å². The van der Waals surface area contributed by atoms with Crippen molar-refractivity contribution in [1.82, 2.24) is 10.2 Å². The van der Waals surface area contributed by atoms with Crippen molar-refractivity contribution < 1.29 is 14.3 Å². The van der Waals surface area contributed by atoms with Crippen LogP contribution < -0.4 is 5.32 Å². The fourth-order valence-corrected chi connectivity index (χ4v) is 2.98. The number of hydrogen-bond acceptors (Lipinski definition) is 4. The molecule has 5 heteroatoms. The van der Waals surface area contributed by atoms with Crippen LogP contribution in [0.3, 0.4) is 0 Å². The normalized spacial score (nSPS) is 26.2. The van der Waals surface area contributed by atoms with Gasteiger partial charge < -0.3 is 14.8 Å². The Kier molecular flexibility index (Phi) is 5.27. The Labute approximate surface area is 122 Å². The lowest BCUT2D eigenvalue weighted by atomic mass is 10.00. The highest BCUT2D eigenvalue weighted by Gasteiger charge is 2.28. The summed E-state index contributed by atoms with van der Waals surface area (Å²) in [4.78, 5) is 14.3. The van der Waals surface area contributed by atoms with Crippen LogP contribution in [-0.2, 0) is 9.47 Å². The highest BCUT2D eigenvalue weighted by molar-refractivity contribution is 5.68. The fourth-order valence-electron chi connectivity index (χ4n) is 2.98. The lowest BCUT2D eigenvalue weighted by Crippen LogP contribution is -2.52. The summed E-state index contributed by atoms with van der Waals surface area (Å²) in [7, 11) is 0. The Bertz CT molecular complexity index is 322. The fraction of sp³-hybridized carbons (Fsp3) is 0.933. The van der Waals surface area contributed by atoms with E-state index < -0.39 is 5.60 Å². The van der Waals surface area contributed by atoms with E-state index in [2.05, 4.69) is 10.2 Å². The smallest absolute Gasteiger partial charge is 0.407 e. The molecule has 2 aliphatic rings. The monoisotopic (exact) mass is 284 g/mol. The van der Waals surface area contributed by atoms with Crippen molar-refractivity contribution in [2.45, 2.75) is 64.1 Å². The van der Waals surface area contributed by atoms with Crippen LogP contribution in [0.1, 0.15) is 46.5 Å². The Morgan fingerprint density at radius 3 is 2.60 bits per heavy atom. The molecule has 2 heterocycles. The van der Waals surface area contributed by atoms with E-state index in [0.717, 1.165) is 52.0 Å². The van der Waals surface area contributed by atoms with Crippen LogP contribution in [0.2, 0.25) is 0 Å². The third-order valence-electron chi connectivity index (χ3n) is 3.88. The summed E-state index contributed by atoms with van der Waals surface area (Å²) in [6, 6.07) is 0.827. The molecule has 2 saturated heterocycles. The summed E-state index contributed by atoms with van der Waals surface area (Å²) in [6.07, 6.45) is 4.10. The molecule has 5 nitrogen and oxygen atoms in total. The maximum atomic E-state index is 11.8. The first kappa shape index (κ1) is 15.6. The molecule has 0 saturated carbocycles. The Hall–Kier alpha value is -0.810. The number of ether oxygens (including phenoxy) is 2. The highest BCUT2D eigenvalue weighted by atomic mass is 16.6. The summed E-state index contributed by atoms with van der Waals surface area (Å²) in [5.41, 5.74) is -0.431. The zero-order chi connectivity index (χ0) is 14.6. The molecule has 0 bridgehead atoms. The van der Waals surface area contributed by atoms with Crippen LogP contribution >= 0.6 is 0 Å². The number of alkyl carbamates (subject to hydrolysis) is 1. The van der Waals surface area contributed by atoms with Crippen molar-refractivity contribution in [1.29, 1.82) is 0 Å². The lowest BCUT2D eigenvalue weighted by molar-refractivity contribution is 0.0177. The number of nitrogens with zero attached hydrogens (tertiary/aromatic N) is 1. The molecule has 20 heavy (non-hydrogen) atoms. The van der Waals surface area contributed by atoms with Gasteiger partial charge in [-0.1, -0.05) is 0 Å². The zero-order valence-electron chi connectivity index (χ0n) is 13.0. The molecule has 2 aliphatic heterocycles. The average Bonchev–Trinajstić information content (AvgIpc) is 2.38. The van der Waals surface area contributed by atoms with E-state index in [4.69, 9.17) is 9.47 Å². The van der Waals surface area contributed by atoms with Gasteiger partial charge in [0.15, 0.2) is 0 Å². The lowest BCUT2D eigenvalue weighted by Gasteiger charge is -2.40. The van der Waals surface area contributed by atoms with Gasteiger partial charge in [-0.15, -0.1) is 0 Å². The van der Waals surface area contributed by atoms with E-state index in [9.17, 15) is 4.79 Å². The average molecular weight is 284 g/mol. The predicted octanol–water partition coefficient (Wildman–Crippen LogP) is 2.15. The van der Waals surface area contributed by atoms with Crippen LogP contribution in [0, 0.1) is 0 Å². The minimum absolute atomic E-state index is 0.210. The van der Waals surface area contributed by atoms with Crippen molar-refractivity contribution in [2.24, 2.45) is 0 Å². The van der Waals surface area contributed by atoms with Crippen molar-refractivity contribution in [3.05, 3.63) is 0 Å². The van der Waals surface area contributed by atoms with Gasteiger partial charge in [0, 0.05) is 31.8 Å². The number of hydrogen-bond donors (Lipinski definition) is 1. The summed E-state index contributed by atoms with van der Waals surface area (Å²) >= 11 is 0. The minimum Gasteiger partial charge on any atom is -0.444 e. The van der Waals surface area contributed by atoms with E-state index in [1.54, 1.807) is 0 Å². The maximum absolute atomic E-state index is 11.8. The first-order valence-electron chi connectivity index (χ1n) is 7.75. The topological polar surface area (TPSA) is 50.8 Å². The molecule has 1 N–H and O–H groups in total. The zero-order valence-corrected chi connectivity index (χ0v) is 13.0. The molecule has 0 aromatic rings. The molecule has 1 atom stereocenters. The molecule has 0 aromatic heterocycles. The van der Waals surface area contributed by atoms with Crippen LogP contribution in [0.25, 0.3) is 0 Å². The van der Waals surface area contributed by atoms with Gasteiger partial charge in [0.1, 0.15) is 5.60 Å². The molecular formula is C15H28N2O3. The van der Waals surface area contributed by atoms with Gasteiger partial charge in [-0.3, -0.25) is 4.90 Å². The third-order valence-corrected chi connectivity index (χ3v) is 3.88. The Morgan fingerprint density at radius 2 is 1.95 bits per heavy atom. The quantitative estimate of drug-likeness (QED) is 0.844. The van der Waals surface area contributed by atoms with Crippen molar-refractivity contribution in [3.8, 4) is 0 Å². The van der Waals surface area contributed by atoms with Crippen molar-refractivity contribution >= 4 is 6.09 Å². The minimum atomic E-state index is -0.431. The molecule has 2 rings (SSSR count). The van der Waals surface area contributed by atoms with Gasteiger partial charge >= 0.3 is 6.09 Å². The van der Waals surface area contributed by atoms with Crippen molar-refractivity contribution in [2.75, 3.05) is 26.3 Å². The highest BCUT2D eigenvalue weighted by Crippen LogP contribution is 2.20. The van der Waals surface area contributed by atoms with Crippen molar-refractivity contribution in [3.63, 3.8) is 0 Å². The number of likely N-dealkylation sites (tertiary alicyclic amines) is 1. The molecule has 116 valence electrons. The number of amides is 1. The van der Waals surface area contributed by atoms with E-state index in [1.165, 1.54) is 0 Å². The summed E-state index contributed by atoms with van der Waals surface area (Å²) in [5.74, 6) is 0. The van der Waals surface area contributed by atoms with E-state index in [0.29, 0.717) is 6.04 Å². The van der Waals surface area contributed by atoms with Gasteiger partial charge in [-0.2, -0.15) is 0 Å². The Balaban J connectivity index is 1.79. The standard InChI is InChI=1S/C15H28N2O3/c1-15(2,3)20-14(18)16-12-5-4-8-17(11-12)13-6-9-19-10-7-13/h12-13H,4-11H2,1-3H3,(H,16,18). The van der Waals surface area contributed by atoms with Gasteiger partial charge in [0.2, 0.25) is 0 Å². The number of nitrogens with one attached hydrogen (secondary N) is 1. The predicted molar refractivity (Wildman–Crippen MR) is 77.8 cm³/mol. The number of rotatable bonds is 2. The van der Waals surface area contributed by atoms with Gasteiger partial charge in [-0.05, 0) is 53.0 Å². The summed E-state index contributed by atoms with van der Waals surface area (Å²) in [5, 5.41) is 3.01. The summed E-state index contributed by atoms with van der Waals surface area (Å²) in [6.45, 7) is 9.48. The van der Waals surface area contributed by atoms with Gasteiger partial charge in [0.05, 0.1) is 0 Å². The third kappa shape index (κ3) is 4.94. The van der Waals surface area contributed by atoms with Gasteiger partial charge in [0.25, 0.3) is 0 Å². The van der Waals surface area contributed by atoms with Crippen LogP contribution in [0.15, 0.2) is 0 Å². The molecule has 1 unspecified atom stereocenters. The van der Waals surface area contributed by atoms with Crippen LogP contribution in [0.5, 0.6) is 0 Å². The molecule has 0 spiro atoms. The van der Waals surface area contributed by atoms with E-state index in [1.807, 2.05) is 20.8 Å². The summed E-state index contributed by atoms with van der Waals surface area (Å²) < 4.78 is 10.8. The van der Waals surface area contributed by atoms with Crippen LogP contribution in [-0.4, -0.2) is 55.0 Å². The molecule has 0 aliphatic carbocycles. The molecule has 1 amide bonds. The van der Waals surface area contributed by atoms with E-state index in [-0.39, 0.29) is 12.1 Å². The maximum Gasteiger partial charge on any atom is 0.407 e. The second-order valence-corrected chi connectivity index (χ2v) is 6.82. The molecule has 0 aromatic carbocycles. The second kappa shape index (κ2) is 6.76. The molecule has 2 fully saturated rings. The largest absolute Gasteiger partial charge is 0.444 e. The number of piperidine rings is 1. The molecular weight excluding hydrogens is 256 g/mol. The van der Waals surface area contributed by atoms with Gasteiger partial charge in [-0.25, -0.2) is 4.79 Å². The SMILES string of the molecule is CC(C)(C)OC(=O)NC1CCCN(C2CCOCC2)C1. The first-order chi connectivity index (χ1) is 9.44. The Morgan fingerprint density at radius 1 is 1.25 bits per heavy atom. The first-order valence-corrected chi connectivity index (χ1v) is 7.75. The second-order valence-electron chi connectivity index (χ2n) is 6.82. The van der Waals surface area contributed by atoms with E-state index >= 15 is 0 Å².